The number of hydrogen-bond donors (Lipinski definition) is 0. The molecule has 0 atom stereocenters. The lowest BCUT2D eigenvalue weighted by Crippen LogP contribution is -2.12. The number of benzene rings is 2. The van der Waals surface area contributed by atoms with Gasteiger partial charge in [-0.3, -0.25) is 4.79 Å². The normalized spacial score (nSPS) is 13.0. The second-order valence-corrected chi connectivity index (χ2v) is 7.59. The van der Waals surface area contributed by atoms with Gasteiger partial charge in [0.25, 0.3) is 5.88 Å². The predicted octanol–water partition coefficient (Wildman–Crippen LogP) is 5.26. The molecule has 4 rings (SSSR count). The summed E-state index contributed by atoms with van der Waals surface area (Å²) in [6.07, 6.45) is 2.35. The van der Waals surface area contributed by atoms with Crippen LogP contribution in [0.4, 0.5) is 0 Å². The summed E-state index contributed by atoms with van der Waals surface area (Å²) in [5, 5.41) is 7.98. The van der Waals surface area contributed by atoms with E-state index in [0.717, 1.165) is 41.0 Å². The van der Waals surface area contributed by atoms with Crippen LogP contribution in [0.2, 0.25) is 5.15 Å². The molecular weight excluding hydrogens is 404 g/mol. The minimum atomic E-state index is -0.457. The third-order valence-corrected chi connectivity index (χ3v) is 5.07. The van der Waals surface area contributed by atoms with E-state index in [9.17, 15) is 4.79 Å². The summed E-state index contributed by atoms with van der Waals surface area (Å²) in [6.45, 7) is 1.97. The molecule has 0 amide bonds. The summed E-state index contributed by atoms with van der Waals surface area (Å²) in [6, 6.07) is 14.7. The van der Waals surface area contributed by atoms with Crippen LogP contribution >= 0.6 is 11.6 Å². The highest BCUT2D eigenvalue weighted by Gasteiger charge is 2.28. The third kappa shape index (κ3) is 4.71. The highest BCUT2D eigenvalue weighted by molar-refractivity contribution is 6.29. The van der Waals surface area contributed by atoms with E-state index >= 15 is 0 Å². The molecule has 1 aliphatic carbocycles. The lowest BCUT2D eigenvalue weighted by molar-refractivity contribution is -0.133. The number of para-hydroxylation sites is 1. The summed E-state index contributed by atoms with van der Waals surface area (Å²) in [4.78, 5) is 12.5. The fourth-order valence-electron chi connectivity index (χ4n) is 3.18. The molecular formula is C23H21ClN2O4. The molecule has 30 heavy (non-hydrogen) atoms. The van der Waals surface area contributed by atoms with Gasteiger partial charge in [-0.1, -0.05) is 41.9 Å². The molecule has 0 unspecified atom stereocenters. The Morgan fingerprint density at radius 3 is 2.60 bits per heavy atom. The van der Waals surface area contributed by atoms with E-state index in [-0.39, 0.29) is 23.2 Å². The van der Waals surface area contributed by atoms with Gasteiger partial charge < -0.3 is 14.2 Å². The fourth-order valence-corrected chi connectivity index (χ4v) is 3.32. The van der Waals surface area contributed by atoms with Crippen molar-refractivity contribution in [3.05, 3.63) is 70.4 Å². The Hall–Kier alpha value is -3.12. The lowest BCUT2D eigenvalue weighted by Gasteiger charge is -2.15. The number of rotatable bonds is 7. The summed E-state index contributed by atoms with van der Waals surface area (Å²) in [7, 11) is 1.59. The number of aromatic nitrogens is 2. The number of carbonyl (C=O) groups excluding carboxylic acids is 1. The van der Waals surface area contributed by atoms with Crippen molar-refractivity contribution in [1.29, 1.82) is 0 Å². The Balaban J connectivity index is 1.54. The summed E-state index contributed by atoms with van der Waals surface area (Å²) in [5.74, 6) is 1.72. The van der Waals surface area contributed by atoms with E-state index < -0.39 is 5.97 Å². The Morgan fingerprint density at radius 1 is 1.13 bits per heavy atom. The highest BCUT2D eigenvalue weighted by Crippen LogP contribution is 2.46. The second kappa shape index (κ2) is 8.71. The van der Waals surface area contributed by atoms with E-state index in [1.165, 1.54) is 6.07 Å². The van der Waals surface area contributed by atoms with Crippen molar-refractivity contribution in [2.45, 2.75) is 32.1 Å². The van der Waals surface area contributed by atoms with Crippen LogP contribution in [0.3, 0.4) is 0 Å². The molecule has 0 spiro atoms. The van der Waals surface area contributed by atoms with E-state index in [2.05, 4.69) is 16.3 Å². The molecule has 6 nitrogen and oxygen atoms in total. The van der Waals surface area contributed by atoms with Gasteiger partial charge in [0.05, 0.1) is 13.5 Å². The van der Waals surface area contributed by atoms with Crippen LogP contribution < -0.4 is 14.2 Å². The molecule has 0 aliphatic heterocycles. The number of aryl methyl sites for hydroxylation is 1. The zero-order valence-electron chi connectivity index (χ0n) is 16.7. The largest absolute Gasteiger partial charge is 0.497 e. The van der Waals surface area contributed by atoms with Gasteiger partial charge >= 0.3 is 5.97 Å². The van der Waals surface area contributed by atoms with Crippen LogP contribution in [0.1, 0.15) is 35.4 Å². The second-order valence-electron chi connectivity index (χ2n) is 7.20. The SMILES string of the molecule is COc1ccc(CC(=O)Oc2cc(Cl)nnc2Oc2c(C)cccc2C2CC2)cc1. The first-order chi connectivity index (χ1) is 14.5. The number of esters is 1. The molecule has 0 saturated heterocycles. The fraction of sp³-hybridized carbons (Fsp3) is 0.261. The van der Waals surface area contributed by atoms with Crippen molar-refractivity contribution in [2.75, 3.05) is 7.11 Å². The third-order valence-electron chi connectivity index (χ3n) is 4.89. The summed E-state index contributed by atoms with van der Waals surface area (Å²) in [5.41, 5.74) is 2.90. The zero-order valence-corrected chi connectivity index (χ0v) is 17.5. The average molecular weight is 425 g/mol. The highest BCUT2D eigenvalue weighted by atomic mass is 35.5. The first-order valence-electron chi connectivity index (χ1n) is 9.67. The van der Waals surface area contributed by atoms with Gasteiger partial charge in [-0.2, -0.15) is 0 Å². The number of methoxy groups -OCH3 is 1. The van der Waals surface area contributed by atoms with E-state index in [4.69, 9.17) is 25.8 Å². The van der Waals surface area contributed by atoms with Crippen LogP contribution in [0.5, 0.6) is 23.1 Å². The Labute approximate surface area is 179 Å². The van der Waals surface area contributed by atoms with Gasteiger partial charge in [0.15, 0.2) is 10.9 Å². The maximum Gasteiger partial charge on any atom is 0.315 e. The molecule has 0 bridgehead atoms. The van der Waals surface area contributed by atoms with Crippen LogP contribution in [0.15, 0.2) is 48.5 Å². The molecule has 0 N–H and O–H groups in total. The number of nitrogens with zero attached hydrogens (tertiary/aromatic N) is 2. The molecule has 2 aromatic carbocycles. The lowest BCUT2D eigenvalue weighted by atomic mass is 10.1. The Morgan fingerprint density at radius 2 is 1.90 bits per heavy atom. The maximum atomic E-state index is 12.5. The van der Waals surface area contributed by atoms with Crippen molar-refractivity contribution in [1.82, 2.24) is 10.2 Å². The predicted molar refractivity (Wildman–Crippen MR) is 113 cm³/mol. The molecule has 1 aromatic heterocycles. The average Bonchev–Trinajstić information content (AvgIpc) is 3.57. The van der Waals surface area contributed by atoms with Gasteiger partial charge in [0.2, 0.25) is 0 Å². The summed E-state index contributed by atoms with van der Waals surface area (Å²) >= 11 is 5.99. The first kappa shape index (κ1) is 20.2. The molecule has 3 aromatic rings. The monoisotopic (exact) mass is 424 g/mol. The number of ether oxygens (including phenoxy) is 3. The zero-order chi connectivity index (χ0) is 21.1. The Bertz CT molecular complexity index is 1070. The van der Waals surface area contributed by atoms with Gasteiger partial charge in [0, 0.05) is 6.07 Å². The molecule has 1 fully saturated rings. The molecule has 0 radical (unpaired) electrons. The summed E-state index contributed by atoms with van der Waals surface area (Å²) < 4.78 is 16.7. The standard InChI is InChI=1S/C23H21ClN2O4/c1-14-4-3-5-18(16-8-9-16)22(14)30-23-19(13-20(24)25-26-23)29-21(27)12-15-6-10-17(28-2)11-7-15/h3-7,10-11,13,16H,8-9,12H2,1-2H3. The van der Waals surface area contributed by atoms with E-state index in [0.29, 0.717) is 5.92 Å². The van der Waals surface area contributed by atoms with Crippen molar-refractivity contribution in [3.63, 3.8) is 0 Å². The van der Waals surface area contributed by atoms with Crippen LogP contribution in [-0.4, -0.2) is 23.3 Å². The minimum absolute atomic E-state index is 0.0844. The molecule has 1 saturated carbocycles. The molecule has 7 heteroatoms. The van der Waals surface area contributed by atoms with Gasteiger partial charge in [-0.05, 0) is 54.5 Å². The minimum Gasteiger partial charge on any atom is -0.497 e. The number of hydrogen-bond acceptors (Lipinski definition) is 6. The topological polar surface area (TPSA) is 70.5 Å². The van der Waals surface area contributed by atoms with Crippen molar-refractivity contribution < 1.29 is 19.0 Å². The molecule has 1 heterocycles. The van der Waals surface area contributed by atoms with Crippen LogP contribution in [0, 0.1) is 6.92 Å². The molecule has 1 aliphatic rings. The quantitative estimate of drug-likeness (QED) is 0.481. The van der Waals surface area contributed by atoms with Crippen molar-refractivity contribution >= 4 is 17.6 Å². The van der Waals surface area contributed by atoms with Crippen LogP contribution in [-0.2, 0) is 11.2 Å². The van der Waals surface area contributed by atoms with Gasteiger partial charge in [-0.15, -0.1) is 10.2 Å². The van der Waals surface area contributed by atoms with Crippen molar-refractivity contribution in [2.24, 2.45) is 0 Å². The van der Waals surface area contributed by atoms with Crippen LogP contribution in [0.25, 0.3) is 0 Å². The Kier molecular flexibility index (Phi) is 5.86. The number of carbonyl (C=O) groups is 1. The van der Waals surface area contributed by atoms with Gasteiger partial charge in [-0.25, -0.2) is 0 Å². The van der Waals surface area contributed by atoms with E-state index in [1.54, 1.807) is 19.2 Å². The smallest absolute Gasteiger partial charge is 0.315 e. The van der Waals surface area contributed by atoms with Gasteiger partial charge in [0.1, 0.15) is 11.5 Å². The van der Waals surface area contributed by atoms with E-state index in [1.807, 2.05) is 31.2 Å². The number of halogens is 1. The first-order valence-corrected chi connectivity index (χ1v) is 10.1. The molecule has 154 valence electrons. The van der Waals surface area contributed by atoms with Crippen molar-refractivity contribution in [3.8, 4) is 23.1 Å². The maximum absolute atomic E-state index is 12.5.